The van der Waals surface area contributed by atoms with E-state index in [2.05, 4.69) is 49.5 Å². The van der Waals surface area contributed by atoms with Gasteiger partial charge in [-0.3, -0.25) is 9.69 Å². The van der Waals surface area contributed by atoms with E-state index in [-0.39, 0.29) is 17.6 Å². The molecule has 3 heterocycles. The van der Waals surface area contributed by atoms with Crippen LogP contribution in [0.15, 0.2) is 53.1 Å². The average molecular weight is 480 g/mol. The molecule has 8 nitrogen and oxygen atoms in total. The van der Waals surface area contributed by atoms with Gasteiger partial charge in [-0.2, -0.15) is 4.98 Å². The Bertz CT molecular complexity index is 1110. The molecule has 9 heteroatoms. The van der Waals surface area contributed by atoms with Gasteiger partial charge in [-0.25, -0.2) is 4.39 Å². The van der Waals surface area contributed by atoms with E-state index in [0.717, 1.165) is 51.3 Å². The number of hydrogen-bond donors (Lipinski definition) is 1. The van der Waals surface area contributed by atoms with Crippen molar-refractivity contribution < 1.29 is 18.4 Å². The lowest BCUT2D eigenvalue weighted by atomic mass is 9.97. The van der Waals surface area contributed by atoms with Gasteiger partial charge >= 0.3 is 0 Å². The normalized spacial score (nSPS) is 19.0. The number of morpholine rings is 1. The van der Waals surface area contributed by atoms with Gasteiger partial charge in [-0.1, -0.05) is 17.3 Å². The van der Waals surface area contributed by atoms with E-state index in [4.69, 9.17) is 9.26 Å². The SMILES string of the molecule is O=C(NCc1ccc(N2CCOCC2)cc1)C1CCCN(Cc2nc(-c3ccc(F)cc3)no2)C1. The zero-order valence-electron chi connectivity index (χ0n) is 19.7. The van der Waals surface area contributed by atoms with Crippen molar-refractivity contribution in [3.05, 3.63) is 65.8 Å². The molecule has 0 radical (unpaired) electrons. The van der Waals surface area contributed by atoms with Crippen LogP contribution < -0.4 is 10.2 Å². The number of halogens is 1. The fraction of sp³-hybridized carbons (Fsp3) is 0.423. The van der Waals surface area contributed by atoms with Crippen molar-refractivity contribution >= 4 is 11.6 Å². The molecule has 184 valence electrons. The van der Waals surface area contributed by atoms with Gasteiger partial charge in [-0.15, -0.1) is 0 Å². The highest BCUT2D eigenvalue weighted by atomic mass is 19.1. The van der Waals surface area contributed by atoms with Gasteiger partial charge in [0.1, 0.15) is 5.82 Å². The van der Waals surface area contributed by atoms with Crippen molar-refractivity contribution in [1.82, 2.24) is 20.4 Å². The second-order valence-electron chi connectivity index (χ2n) is 9.08. The number of hydrogen-bond acceptors (Lipinski definition) is 7. The minimum Gasteiger partial charge on any atom is -0.378 e. The number of carbonyl (C=O) groups excluding carboxylic acids is 1. The second kappa shape index (κ2) is 11.0. The van der Waals surface area contributed by atoms with Gasteiger partial charge in [0.05, 0.1) is 25.7 Å². The van der Waals surface area contributed by atoms with Crippen molar-refractivity contribution in [2.75, 3.05) is 44.3 Å². The highest BCUT2D eigenvalue weighted by Crippen LogP contribution is 2.21. The number of carbonyl (C=O) groups is 1. The van der Waals surface area contributed by atoms with Crippen LogP contribution in [0.2, 0.25) is 0 Å². The van der Waals surface area contributed by atoms with Crippen LogP contribution >= 0.6 is 0 Å². The molecule has 2 aliphatic rings. The predicted octanol–water partition coefficient (Wildman–Crippen LogP) is 3.24. The lowest BCUT2D eigenvalue weighted by Gasteiger charge is -2.31. The van der Waals surface area contributed by atoms with Crippen LogP contribution in [0.3, 0.4) is 0 Å². The molecular formula is C26H30FN5O3. The maximum atomic E-state index is 13.1. The molecule has 1 N–H and O–H groups in total. The van der Waals surface area contributed by atoms with Crippen molar-refractivity contribution in [2.24, 2.45) is 5.92 Å². The Morgan fingerprint density at radius 1 is 1.06 bits per heavy atom. The molecule has 1 aromatic heterocycles. The number of rotatable bonds is 7. The summed E-state index contributed by atoms with van der Waals surface area (Å²) in [4.78, 5) is 21.8. The molecule has 5 rings (SSSR count). The lowest BCUT2D eigenvalue weighted by molar-refractivity contribution is -0.127. The van der Waals surface area contributed by atoms with Crippen LogP contribution in [-0.2, 0) is 22.6 Å². The molecule has 35 heavy (non-hydrogen) atoms. The van der Waals surface area contributed by atoms with Crippen LogP contribution in [0.25, 0.3) is 11.4 Å². The highest BCUT2D eigenvalue weighted by molar-refractivity contribution is 5.79. The maximum absolute atomic E-state index is 13.1. The van der Waals surface area contributed by atoms with E-state index in [1.54, 1.807) is 12.1 Å². The number of benzene rings is 2. The predicted molar refractivity (Wildman–Crippen MR) is 129 cm³/mol. The van der Waals surface area contributed by atoms with Gasteiger partial charge in [0, 0.05) is 37.4 Å². The second-order valence-corrected chi connectivity index (χ2v) is 9.08. The monoisotopic (exact) mass is 479 g/mol. The quantitative estimate of drug-likeness (QED) is 0.557. The number of nitrogens with zero attached hydrogens (tertiary/aromatic N) is 4. The molecule has 2 fully saturated rings. The van der Waals surface area contributed by atoms with Crippen molar-refractivity contribution in [1.29, 1.82) is 0 Å². The first-order valence-electron chi connectivity index (χ1n) is 12.1. The van der Waals surface area contributed by atoms with Crippen LogP contribution in [0.1, 0.15) is 24.3 Å². The molecule has 0 spiro atoms. The highest BCUT2D eigenvalue weighted by Gasteiger charge is 2.27. The van der Waals surface area contributed by atoms with Gasteiger partial charge in [0.25, 0.3) is 0 Å². The fourth-order valence-electron chi connectivity index (χ4n) is 4.62. The third kappa shape index (κ3) is 6.04. The summed E-state index contributed by atoms with van der Waals surface area (Å²) >= 11 is 0. The Kier molecular flexibility index (Phi) is 7.34. The number of anilines is 1. The molecule has 1 unspecified atom stereocenters. The van der Waals surface area contributed by atoms with E-state index >= 15 is 0 Å². The molecule has 2 aromatic carbocycles. The Labute approximate surface area is 204 Å². The van der Waals surface area contributed by atoms with Gasteiger partial charge in [0.2, 0.25) is 17.6 Å². The van der Waals surface area contributed by atoms with E-state index in [9.17, 15) is 9.18 Å². The first-order chi connectivity index (χ1) is 17.1. The van der Waals surface area contributed by atoms with Gasteiger partial charge in [-0.05, 0) is 61.3 Å². The largest absolute Gasteiger partial charge is 0.378 e. The summed E-state index contributed by atoms with van der Waals surface area (Å²) in [5.74, 6) is 0.622. The van der Waals surface area contributed by atoms with Crippen molar-refractivity contribution in [3.8, 4) is 11.4 Å². The lowest BCUT2D eigenvalue weighted by Crippen LogP contribution is -2.42. The summed E-state index contributed by atoms with van der Waals surface area (Å²) in [6.07, 6.45) is 1.80. The van der Waals surface area contributed by atoms with Crippen molar-refractivity contribution in [3.63, 3.8) is 0 Å². The van der Waals surface area contributed by atoms with Gasteiger partial charge < -0.3 is 19.5 Å². The third-order valence-corrected chi connectivity index (χ3v) is 6.58. The minimum atomic E-state index is -0.305. The molecule has 1 atom stereocenters. The number of amides is 1. The van der Waals surface area contributed by atoms with Crippen molar-refractivity contribution in [2.45, 2.75) is 25.9 Å². The first kappa shape index (κ1) is 23.4. The van der Waals surface area contributed by atoms with E-state index in [1.807, 2.05) is 0 Å². The van der Waals surface area contributed by atoms with Gasteiger partial charge in [0.15, 0.2) is 0 Å². The molecule has 2 saturated heterocycles. The van der Waals surface area contributed by atoms with E-state index in [0.29, 0.717) is 36.9 Å². The smallest absolute Gasteiger partial charge is 0.241 e. The molecular weight excluding hydrogens is 449 g/mol. The Morgan fingerprint density at radius 2 is 1.83 bits per heavy atom. The molecule has 1 amide bonds. The summed E-state index contributed by atoms with van der Waals surface area (Å²) in [7, 11) is 0. The minimum absolute atomic E-state index is 0.0733. The summed E-state index contributed by atoms with van der Waals surface area (Å²) in [6.45, 7) is 5.87. The van der Waals surface area contributed by atoms with Crippen LogP contribution in [0, 0.1) is 11.7 Å². The standard InChI is InChI=1S/C26H30FN5O3/c27-22-7-5-20(6-8-22)25-29-24(35-30-25)18-31-11-1-2-21(17-31)26(33)28-16-19-3-9-23(10-4-19)32-12-14-34-15-13-32/h3-10,21H,1-2,11-18H2,(H,28,33). The van der Waals surface area contributed by atoms with Crippen LogP contribution in [-0.4, -0.2) is 60.3 Å². The van der Waals surface area contributed by atoms with E-state index in [1.165, 1.54) is 17.8 Å². The number of nitrogens with one attached hydrogen (secondary N) is 1. The number of aromatic nitrogens is 2. The number of ether oxygens (including phenoxy) is 1. The summed E-state index contributed by atoms with van der Waals surface area (Å²) in [5, 5.41) is 7.11. The topological polar surface area (TPSA) is 83.7 Å². The zero-order chi connectivity index (χ0) is 24.0. The Balaban J connectivity index is 1.11. The summed E-state index contributed by atoms with van der Waals surface area (Å²) in [6, 6.07) is 14.4. The number of likely N-dealkylation sites (tertiary alicyclic amines) is 1. The Morgan fingerprint density at radius 3 is 2.60 bits per heavy atom. The fourth-order valence-corrected chi connectivity index (χ4v) is 4.62. The van der Waals surface area contributed by atoms with Crippen LogP contribution in [0.5, 0.6) is 0 Å². The molecule has 3 aromatic rings. The third-order valence-electron chi connectivity index (χ3n) is 6.58. The number of piperidine rings is 1. The average Bonchev–Trinajstić information content (AvgIpc) is 3.37. The maximum Gasteiger partial charge on any atom is 0.241 e. The van der Waals surface area contributed by atoms with Crippen LogP contribution in [0.4, 0.5) is 10.1 Å². The zero-order valence-corrected chi connectivity index (χ0v) is 19.7. The first-order valence-corrected chi connectivity index (χ1v) is 12.1. The Hall–Kier alpha value is -3.30. The van der Waals surface area contributed by atoms with E-state index < -0.39 is 0 Å². The molecule has 0 bridgehead atoms. The molecule has 0 saturated carbocycles. The molecule has 0 aliphatic carbocycles. The molecule has 2 aliphatic heterocycles. The summed E-state index contributed by atoms with van der Waals surface area (Å²) < 4.78 is 24.0. The summed E-state index contributed by atoms with van der Waals surface area (Å²) in [5.41, 5.74) is 2.98.